The Balaban J connectivity index is 0.00000300. The molecule has 1 N–H and O–H groups in total. The lowest BCUT2D eigenvalue weighted by Gasteiger charge is -2.21. The fourth-order valence-electron chi connectivity index (χ4n) is 3.48. The van der Waals surface area contributed by atoms with Crippen molar-refractivity contribution in [1.29, 1.82) is 0 Å². The Morgan fingerprint density at radius 2 is 2.07 bits per heavy atom. The Bertz CT molecular complexity index is 837. The van der Waals surface area contributed by atoms with Crippen LogP contribution in [0.4, 0.5) is 0 Å². The third-order valence-corrected chi connectivity index (χ3v) is 6.08. The molecule has 0 amide bonds. The number of thiazole rings is 1. The molecule has 1 aliphatic rings. The van der Waals surface area contributed by atoms with E-state index in [1.807, 2.05) is 0 Å². The van der Waals surface area contributed by atoms with Crippen LogP contribution in [0.1, 0.15) is 18.2 Å². The van der Waals surface area contributed by atoms with Gasteiger partial charge in [0.2, 0.25) is 0 Å². The molecule has 29 heavy (non-hydrogen) atoms. The average Bonchev–Trinajstić information content (AvgIpc) is 3.32. The standard InChI is InChI=1S/C21H28N4O2S.HI/c1-14-5-7-16(8-6-14)19-24-17(13-28-19)9-10-23-21(22-3)25-11-15(2)18(12-25)20(26)27-4;/h5-8,13,15,18H,9-12H2,1-4H3,(H,22,23);1H. The Kier molecular flexibility index (Phi) is 8.88. The molecule has 0 radical (unpaired) electrons. The van der Waals surface area contributed by atoms with Gasteiger partial charge in [-0.25, -0.2) is 4.98 Å². The van der Waals surface area contributed by atoms with Crippen LogP contribution in [0, 0.1) is 18.8 Å². The van der Waals surface area contributed by atoms with Crippen molar-refractivity contribution in [2.45, 2.75) is 20.3 Å². The number of hydrogen-bond acceptors (Lipinski definition) is 5. The lowest BCUT2D eigenvalue weighted by Crippen LogP contribution is -2.41. The second-order valence-corrected chi connectivity index (χ2v) is 8.10. The number of ether oxygens (including phenoxy) is 1. The zero-order chi connectivity index (χ0) is 20.1. The van der Waals surface area contributed by atoms with Crippen LogP contribution < -0.4 is 5.32 Å². The SMILES string of the molecule is CN=C(NCCc1csc(-c2ccc(C)cc2)n1)N1CC(C)C(C(=O)OC)C1.I. The number of nitrogens with zero attached hydrogens (tertiary/aromatic N) is 3. The van der Waals surface area contributed by atoms with Gasteiger partial charge in [0.05, 0.1) is 18.7 Å². The molecule has 2 heterocycles. The lowest BCUT2D eigenvalue weighted by atomic mass is 9.99. The van der Waals surface area contributed by atoms with E-state index in [2.05, 4.69) is 58.7 Å². The van der Waals surface area contributed by atoms with E-state index in [4.69, 9.17) is 9.72 Å². The summed E-state index contributed by atoms with van der Waals surface area (Å²) in [5, 5.41) is 6.57. The quantitative estimate of drug-likeness (QED) is 0.278. The van der Waals surface area contributed by atoms with Gasteiger partial charge in [0.25, 0.3) is 0 Å². The normalized spacial score (nSPS) is 19.0. The molecule has 0 spiro atoms. The lowest BCUT2D eigenvalue weighted by molar-refractivity contribution is -0.145. The Labute approximate surface area is 193 Å². The third kappa shape index (κ3) is 5.91. The van der Waals surface area contributed by atoms with Crippen molar-refractivity contribution in [2.75, 3.05) is 33.8 Å². The first-order valence-corrected chi connectivity index (χ1v) is 10.4. The van der Waals surface area contributed by atoms with Gasteiger partial charge in [-0.1, -0.05) is 36.8 Å². The second kappa shape index (κ2) is 10.9. The van der Waals surface area contributed by atoms with Gasteiger partial charge in [-0.3, -0.25) is 9.79 Å². The van der Waals surface area contributed by atoms with Gasteiger partial charge in [-0.05, 0) is 12.8 Å². The highest BCUT2D eigenvalue weighted by atomic mass is 127. The molecule has 8 heteroatoms. The third-order valence-electron chi connectivity index (χ3n) is 5.14. The van der Waals surface area contributed by atoms with E-state index in [9.17, 15) is 4.79 Å². The van der Waals surface area contributed by atoms with E-state index in [0.29, 0.717) is 6.54 Å². The monoisotopic (exact) mass is 528 g/mol. The number of rotatable bonds is 5. The second-order valence-electron chi connectivity index (χ2n) is 7.25. The number of benzene rings is 1. The highest BCUT2D eigenvalue weighted by Crippen LogP contribution is 2.25. The maximum atomic E-state index is 11.9. The van der Waals surface area contributed by atoms with Gasteiger partial charge in [0, 0.05) is 44.0 Å². The summed E-state index contributed by atoms with van der Waals surface area (Å²) in [4.78, 5) is 23.2. The summed E-state index contributed by atoms with van der Waals surface area (Å²) in [7, 11) is 3.22. The number of likely N-dealkylation sites (tertiary alicyclic amines) is 1. The molecule has 1 saturated heterocycles. The number of aryl methyl sites for hydroxylation is 1. The van der Waals surface area contributed by atoms with E-state index in [1.165, 1.54) is 12.7 Å². The fourth-order valence-corrected chi connectivity index (χ4v) is 4.34. The van der Waals surface area contributed by atoms with Crippen LogP contribution in [0.3, 0.4) is 0 Å². The minimum atomic E-state index is -0.142. The smallest absolute Gasteiger partial charge is 0.310 e. The number of carbonyl (C=O) groups excluding carboxylic acids is 1. The van der Waals surface area contributed by atoms with Crippen LogP contribution in [-0.2, 0) is 16.0 Å². The van der Waals surface area contributed by atoms with Crippen molar-refractivity contribution < 1.29 is 9.53 Å². The number of esters is 1. The van der Waals surface area contributed by atoms with Gasteiger partial charge < -0.3 is 15.0 Å². The molecule has 6 nitrogen and oxygen atoms in total. The van der Waals surface area contributed by atoms with E-state index < -0.39 is 0 Å². The van der Waals surface area contributed by atoms with Gasteiger partial charge >= 0.3 is 5.97 Å². The van der Waals surface area contributed by atoms with Gasteiger partial charge in [-0.2, -0.15) is 0 Å². The van der Waals surface area contributed by atoms with Crippen molar-refractivity contribution in [3.05, 3.63) is 40.9 Å². The van der Waals surface area contributed by atoms with E-state index in [0.717, 1.165) is 41.7 Å². The van der Waals surface area contributed by atoms with Crippen LogP contribution in [0.25, 0.3) is 10.6 Å². The molecular weight excluding hydrogens is 499 g/mol. The summed E-state index contributed by atoms with van der Waals surface area (Å²) in [5.41, 5.74) is 3.48. The first-order chi connectivity index (χ1) is 13.5. The predicted molar refractivity (Wildman–Crippen MR) is 129 cm³/mol. The molecule has 1 aromatic heterocycles. The van der Waals surface area contributed by atoms with Crippen LogP contribution >= 0.6 is 35.3 Å². The highest BCUT2D eigenvalue weighted by molar-refractivity contribution is 14.0. The summed E-state index contributed by atoms with van der Waals surface area (Å²) in [6.07, 6.45) is 0.825. The van der Waals surface area contributed by atoms with Gasteiger partial charge in [0.1, 0.15) is 5.01 Å². The fraction of sp³-hybridized carbons (Fsp3) is 0.476. The van der Waals surface area contributed by atoms with E-state index in [1.54, 1.807) is 18.4 Å². The Morgan fingerprint density at radius 3 is 2.72 bits per heavy atom. The van der Waals surface area contributed by atoms with E-state index in [-0.39, 0.29) is 41.8 Å². The van der Waals surface area contributed by atoms with Crippen LogP contribution in [-0.4, -0.2) is 55.6 Å². The summed E-state index contributed by atoms with van der Waals surface area (Å²) < 4.78 is 4.92. The highest BCUT2D eigenvalue weighted by Gasteiger charge is 2.36. The molecule has 3 rings (SSSR count). The van der Waals surface area contributed by atoms with Crippen LogP contribution in [0.15, 0.2) is 34.6 Å². The molecular formula is C21H29IN4O2S. The minimum absolute atomic E-state index is 0. The first kappa shape index (κ1) is 23.6. The molecule has 1 aliphatic heterocycles. The summed E-state index contributed by atoms with van der Waals surface area (Å²) in [6.45, 7) is 6.36. The summed E-state index contributed by atoms with van der Waals surface area (Å²) in [6, 6.07) is 8.45. The number of aromatic nitrogens is 1. The van der Waals surface area contributed by atoms with Crippen LogP contribution in [0.5, 0.6) is 0 Å². The Morgan fingerprint density at radius 1 is 1.34 bits per heavy atom. The number of methoxy groups -OCH3 is 1. The first-order valence-electron chi connectivity index (χ1n) is 9.56. The van der Waals surface area contributed by atoms with Crippen molar-refractivity contribution >= 4 is 47.2 Å². The number of aliphatic imine (C=N–C) groups is 1. The molecule has 2 aromatic rings. The van der Waals surface area contributed by atoms with Crippen molar-refractivity contribution in [3.8, 4) is 10.6 Å². The molecule has 1 aromatic carbocycles. The number of hydrogen-bond donors (Lipinski definition) is 1. The molecule has 0 bridgehead atoms. The Hall–Kier alpha value is -1.68. The number of nitrogens with one attached hydrogen (secondary N) is 1. The molecule has 0 aliphatic carbocycles. The predicted octanol–water partition coefficient (Wildman–Crippen LogP) is 3.60. The largest absolute Gasteiger partial charge is 0.469 e. The summed E-state index contributed by atoms with van der Waals surface area (Å²) >= 11 is 1.67. The molecule has 1 fully saturated rings. The molecule has 158 valence electrons. The summed E-state index contributed by atoms with van der Waals surface area (Å²) in [5.74, 6) is 0.838. The zero-order valence-electron chi connectivity index (χ0n) is 17.3. The minimum Gasteiger partial charge on any atom is -0.469 e. The van der Waals surface area contributed by atoms with Gasteiger partial charge in [0.15, 0.2) is 5.96 Å². The van der Waals surface area contributed by atoms with Crippen molar-refractivity contribution in [2.24, 2.45) is 16.8 Å². The van der Waals surface area contributed by atoms with Crippen LogP contribution in [0.2, 0.25) is 0 Å². The van der Waals surface area contributed by atoms with Crippen molar-refractivity contribution in [3.63, 3.8) is 0 Å². The number of guanidine groups is 1. The maximum absolute atomic E-state index is 11.9. The maximum Gasteiger partial charge on any atom is 0.310 e. The number of carbonyl (C=O) groups is 1. The molecule has 2 atom stereocenters. The zero-order valence-corrected chi connectivity index (χ0v) is 20.5. The number of halogens is 1. The van der Waals surface area contributed by atoms with Gasteiger partial charge in [-0.15, -0.1) is 35.3 Å². The van der Waals surface area contributed by atoms with E-state index >= 15 is 0 Å². The molecule has 2 unspecified atom stereocenters. The topological polar surface area (TPSA) is 66.8 Å². The van der Waals surface area contributed by atoms with Crippen molar-refractivity contribution in [1.82, 2.24) is 15.2 Å². The average molecular weight is 528 g/mol. The molecule has 0 saturated carbocycles.